The van der Waals surface area contributed by atoms with Gasteiger partial charge in [-0.1, -0.05) is 102 Å². The third-order valence-electron chi connectivity index (χ3n) is 8.58. The van der Waals surface area contributed by atoms with E-state index in [4.69, 9.17) is 4.74 Å². The summed E-state index contributed by atoms with van der Waals surface area (Å²) in [7, 11) is 0. The molecular formula is C36H45F3O. The summed E-state index contributed by atoms with van der Waals surface area (Å²) in [6, 6.07) is 15.8. The normalized spacial score (nSPS) is 17.2. The highest BCUT2D eigenvalue weighted by Crippen LogP contribution is 2.39. The lowest BCUT2D eigenvalue weighted by molar-refractivity contribution is 0.285. The van der Waals surface area contributed by atoms with Gasteiger partial charge in [0.05, 0.1) is 6.61 Å². The van der Waals surface area contributed by atoms with E-state index in [1.807, 2.05) is 24.3 Å². The molecule has 0 N–H and O–H groups in total. The average Bonchev–Trinajstić information content (AvgIpc) is 2.98. The molecular weight excluding hydrogens is 505 g/mol. The minimum atomic E-state index is -0.956. The second-order valence-corrected chi connectivity index (χ2v) is 11.5. The Labute approximate surface area is 239 Å². The molecule has 1 aliphatic rings. The summed E-state index contributed by atoms with van der Waals surface area (Å²) in [4.78, 5) is 0. The molecule has 0 radical (unpaired) electrons. The van der Waals surface area contributed by atoms with Gasteiger partial charge in [-0.2, -0.15) is 4.39 Å². The average molecular weight is 551 g/mol. The van der Waals surface area contributed by atoms with Crippen LogP contribution in [-0.2, 0) is 0 Å². The predicted octanol–water partition coefficient (Wildman–Crippen LogP) is 11.6. The Hall–Kier alpha value is -2.75. The molecule has 0 spiro atoms. The monoisotopic (exact) mass is 550 g/mol. The second kappa shape index (κ2) is 15.3. The molecule has 0 unspecified atom stereocenters. The zero-order chi connectivity index (χ0) is 28.3. The van der Waals surface area contributed by atoms with E-state index in [1.54, 1.807) is 24.3 Å². The first-order valence-corrected chi connectivity index (χ1v) is 15.5. The van der Waals surface area contributed by atoms with Crippen LogP contribution < -0.4 is 4.74 Å². The SMILES string of the molecule is CCCCCCCOc1ccc(-c2ccc(-c3ccc(C4CCC(CCCCC)CC4)c(F)c3)cc2)c(F)c1F. The van der Waals surface area contributed by atoms with Gasteiger partial charge in [0.1, 0.15) is 5.82 Å². The van der Waals surface area contributed by atoms with Crippen LogP contribution in [0.5, 0.6) is 5.75 Å². The van der Waals surface area contributed by atoms with E-state index in [9.17, 15) is 8.78 Å². The third kappa shape index (κ3) is 7.92. The minimum Gasteiger partial charge on any atom is -0.490 e. The maximum absolute atomic E-state index is 15.2. The number of hydrogen-bond acceptors (Lipinski definition) is 1. The summed E-state index contributed by atoms with van der Waals surface area (Å²) >= 11 is 0. The van der Waals surface area contributed by atoms with Gasteiger partial charge in [-0.3, -0.25) is 0 Å². The third-order valence-corrected chi connectivity index (χ3v) is 8.58. The molecule has 3 aromatic rings. The fourth-order valence-corrected chi connectivity index (χ4v) is 6.08. The van der Waals surface area contributed by atoms with Crippen LogP contribution in [0.15, 0.2) is 54.6 Å². The smallest absolute Gasteiger partial charge is 0.201 e. The molecule has 0 aromatic heterocycles. The molecule has 1 aliphatic carbocycles. The molecule has 40 heavy (non-hydrogen) atoms. The quantitative estimate of drug-likeness (QED) is 0.181. The minimum absolute atomic E-state index is 0.0473. The molecule has 216 valence electrons. The Bertz CT molecular complexity index is 1200. The first kappa shape index (κ1) is 30.2. The van der Waals surface area contributed by atoms with Crippen LogP contribution in [-0.4, -0.2) is 6.61 Å². The first-order chi connectivity index (χ1) is 19.5. The van der Waals surface area contributed by atoms with E-state index < -0.39 is 11.6 Å². The molecule has 1 saturated carbocycles. The van der Waals surface area contributed by atoms with Gasteiger partial charge in [-0.25, -0.2) is 8.78 Å². The Morgan fingerprint density at radius 2 is 1.30 bits per heavy atom. The summed E-state index contributed by atoms with van der Waals surface area (Å²) in [5.41, 5.74) is 3.21. The number of halogens is 3. The van der Waals surface area contributed by atoms with Gasteiger partial charge in [0, 0.05) is 5.56 Å². The van der Waals surface area contributed by atoms with Gasteiger partial charge in [-0.15, -0.1) is 0 Å². The number of benzene rings is 3. The van der Waals surface area contributed by atoms with Crippen molar-refractivity contribution in [1.29, 1.82) is 0 Å². The van der Waals surface area contributed by atoms with Gasteiger partial charge in [0.2, 0.25) is 5.82 Å². The van der Waals surface area contributed by atoms with Crippen LogP contribution in [0.2, 0.25) is 0 Å². The largest absolute Gasteiger partial charge is 0.490 e. The Balaban J connectivity index is 1.37. The molecule has 1 nitrogen and oxygen atoms in total. The first-order valence-electron chi connectivity index (χ1n) is 15.5. The lowest BCUT2D eigenvalue weighted by atomic mass is 9.76. The highest BCUT2D eigenvalue weighted by molar-refractivity contribution is 5.71. The van der Waals surface area contributed by atoms with Crippen LogP contribution >= 0.6 is 0 Å². The van der Waals surface area contributed by atoms with Crippen molar-refractivity contribution in [2.45, 2.75) is 103 Å². The molecule has 4 heteroatoms. The summed E-state index contributed by atoms with van der Waals surface area (Å²) in [6.07, 6.45) is 15.0. The molecule has 0 bridgehead atoms. The van der Waals surface area contributed by atoms with E-state index in [0.717, 1.165) is 61.1 Å². The van der Waals surface area contributed by atoms with Gasteiger partial charge in [0.15, 0.2) is 11.6 Å². The molecule has 0 atom stereocenters. The van der Waals surface area contributed by atoms with Crippen molar-refractivity contribution in [2.24, 2.45) is 5.92 Å². The zero-order valence-electron chi connectivity index (χ0n) is 24.3. The second-order valence-electron chi connectivity index (χ2n) is 11.5. The maximum Gasteiger partial charge on any atom is 0.201 e. The van der Waals surface area contributed by atoms with Crippen LogP contribution in [0.4, 0.5) is 13.2 Å². The summed E-state index contributed by atoms with van der Waals surface area (Å²) in [5, 5.41) is 0. The van der Waals surface area contributed by atoms with Gasteiger partial charge in [0.25, 0.3) is 0 Å². The van der Waals surface area contributed by atoms with Crippen molar-refractivity contribution in [1.82, 2.24) is 0 Å². The van der Waals surface area contributed by atoms with Crippen LogP contribution in [0.3, 0.4) is 0 Å². The standard InChI is InChI=1S/C36H45F3O/c1-3-5-7-8-10-24-40-34-23-22-32(35(38)36(34)39)29-18-16-27(17-19-29)30-20-21-31(33(37)25-30)28-14-12-26(13-15-28)11-9-6-4-2/h16-23,25-26,28H,3-15,24H2,1-2H3. The van der Waals surface area contributed by atoms with E-state index >= 15 is 4.39 Å². The molecule has 3 aromatic carbocycles. The predicted molar refractivity (Wildman–Crippen MR) is 160 cm³/mol. The van der Waals surface area contributed by atoms with Gasteiger partial charge >= 0.3 is 0 Å². The summed E-state index contributed by atoms with van der Waals surface area (Å²) < 4.78 is 50.3. The fourth-order valence-electron chi connectivity index (χ4n) is 6.08. The topological polar surface area (TPSA) is 9.23 Å². The lowest BCUT2D eigenvalue weighted by Crippen LogP contribution is -2.14. The highest BCUT2D eigenvalue weighted by atomic mass is 19.2. The van der Waals surface area contributed by atoms with E-state index in [-0.39, 0.29) is 17.1 Å². The molecule has 0 saturated heterocycles. The Morgan fingerprint density at radius 1 is 0.650 bits per heavy atom. The zero-order valence-corrected chi connectivity index (χ0v) is 24.3. The van der Waals surface area contributed by atoms with Crippen LogP contribution in [0, 0.1) is 23.4 Å². The number of rotatable bonds is 14. The van der Waals surface area contributed by atoms with Crippen molar-refractivity contribution in [3.8, 4) is 28.0 Å². The summed E-state index contributed by atoms with van der Waals surface area (Å²) in [5.74, 6) is -0.968. The molecule has 4 rings (SSSR count). The van der Waals surface area contributed by atoms with Crippen LogP contribution in [0.25, 0.3) is 22.3 Å². The number of hydrogen-bond donors (Lipinski definition) is 0. The van der Waals surface area contributed by atoms with Crippen molar-refractivity contribution in [3.05, 3.63) is 77.6 Å². The van der Waals surface area contributed by atoms with Gasteiger partial charge in [-0.05, 0) is 84.4 Å². The number of unbranched alkanes of at least 4 members (excludes halogenated alkanes) is 6. The van der Waals surface area contributed by atoms with Crippen molar-refractivity contribution < 1.29 is 17.9 Å². The molecule has 0 heterocycles. The summed E-state index contributed by atoms with van der Waals surface area (Å²) in [6.45, 7) is 4.77. The molecule has 0 aliphatic heterocycles. The lowest BCUT2D eigenvalue weighted by Gasteiger charge is -2.29. The van der Waals surface area contributed by atoms with Crippen LogP contribution in [0.1, 0.15) is 109 Å². The van der Waals surface area contributed by atoms with E-state index in [1.165, 1.54) is 51.0 Å². The Morgan fingerprint density at radius 3 is 2.00 bits per heavy atom. The highest BCUT2D eigenvalue weighted by Gasteiger charge is 2.24. The van der Waals surface area contributed by atoms with Gasteiger partial charge < -0.3 is 4.74 Å². The molecule has 1 fully saturated rings. The molecule has 0 amide bonds. The maximum atomic E-state index is 15.2. The fraction of sp³-hybridized carbons (Fsp3) is 0.500. The van der Waals surface area contributed by atoms with Crippen molar-refractivity contribution >= 4 is 0 Å². The van der Waals surface area contributed by atoms with Crippen molar-refractivity contribution in [2.75, 3.05) is 6.61 Å². The van der Waals surface area contributed by atoms with Crippen molar-refractivity contribution in [3.63, 3.8) is 0 Å². The Kier molecular flexibility index (Phi) is 11.6. The van der Waals surface area contributed by atoms with E-state index in [2.05, 4.69) is 13.8 Å². The van der Waals surface area contributed by atoms with E-state index in [0.29, 0.717) is 18.1 Å². The number of ether oxygens (including phenoxy) is 1.